The molecule has 0 spiro atoms. The summed E-state index contributed by atoms with van der Waals surface area (Å²) in [5, 5.41) is 0. The molecule has 3 rings (SSSR count). The van der Waals surface area contributed by atoms with Crippen molar-refractivity contribution in [1.82, 2.24) is 0 Å². The van der Waals surface area contributed by atoms with Crippen molar-refractivity contribution in [2.75, 3.05) is 0 Å². The number of benzene rings is 1. The van der Waals surface area contributed by atoms with Gasteiger partial charge in [-0.15, -0.1) is 0 Å². The second-order valence-corrected chi connectivity index (χ2v) is 10.7. The maximum absolute atomic E-state index is 2.52. The number of fused-ring (bicyclic) bond motifs is 1. The van der Waals surface area contributed by atoms with Crippen LogP contribution in [0.15, 0.2) is 35.9 Å². The third-order valence-corrected chi connectivity index (χ3v) is 6.11. The van der Waals surface area contributed by atoms with Gasteiger partial charge in [0.05, 0.1) is 0 Å². The van der Waals surface area contributed by atoms with Crippen molar-refractivity contribution in [3.05, 3.63) is 52.6 Å². The molecule has 0 aromatic heterocycles. The van der Waals surface area contributed by atoms with Gasteiger partial charge in [-0.25, -0.2) is 0 Å². The van der Waals surface area contributed by atoms with Crippen LogP contribution in [0.5, 0.6) is 0 Å². The molecule has 0 radical (unpaired) electrons. The normalized spacial score (nSPS) is 27.0. The lowest BCUT2D eigenvalue weighted by atomic mass is 9.75. The van der Waals surface area contributed by atoms with Crippen LogP contribution in [0.3, 0.4) is 0 Å². The fourth-order valence-electron chi connectivity index (χ4n) is 4.57. The minimum absolute atomic E-state index is 0.179. The van der Waals surface area contributed by atoms with E-state index >= 15 is 0 Å². The van der Waals surface area contributed by atoms with E-state index in [4.69, 9.17) is 0 Å². The summed E-state index contributed by atoms with van der Waals surface area (Å²) < 4.78 is 0. The molecule has 0 nitrogen and oxygen atoms in total. The first-order chi connectivity index (χ1) is 11.4. The second-order valence-electron chi connectivity index (χ2n) is 10.7. The van der Waals surface area contributed by atoms with Gasteiger partial charge in [0.15, 0.2) is 0 Å². The molecule has 0 heterocycles. The quantitative estimate of drug-likeness (QED) is 0.505. The Hall–Kier alpha value is -1.30. The third-order valence-electron chi connectivity index (χ3n) is 6.11. The Balaban J connectivity index is 2.14. The van der Waals surface area contributed by atoms with Crippen molar-refractivity contribution < 1.29 is 0 Å². The smallest absolute Gasteiger partial charge is 0.00901 e. The van der Waals surface area contributed by atoms with Gasteiger partial charge in [-0.05, 0) is 70.6 Å². The molecule has 0 saturated heterocycles. The van der Waals surface area contributed by atoms with E-state index in [9.17, 15) is 0 Å². The van der Waals surface area contributed by atoms with E-state index in [0.29, 0.717) is 5.92 Å². The summed E-state index contributed by atoms with van der Waals surface area (Å²) in [6, 6.07) is 7.38. The Labute approximate surface area is 155 Å². The lowest BCUT2D eigenvalue weighted by molar-refractivity contribution is 0.558. The van der Waals surface area contributed by atoms with Gasteiger partial charge in [0.1, 0.15) is 0 Å². The molecule has 0 bridgehead atoms. The summed E-state index contributed by atoms with van der Waals surface area (Å²) in [5.74, 6) is 2.29. The van der Waals surface area contributed by atoms with E-state index in [1.54, 1.807) is 5.57 Å². The Bertz CT molecular complexity index is 683. The Kier molecular flexibility index (Phi) is 4.55. The van der Waals surface area contributed by atoms with Crippen LogP contribution in [-0.2, 0) is 10.8 Å². The monoisotopic (exact) mass is 336 g/mol. The summed E-state index contributed by atoms with van der Waals surface area (Å²) >= 11 is 0. The molecule has 1 saturated carbocycles. The first-order valence-electron chi connectivity index (χ1n) is 10.0. The van der Waals surface area contributed by atoms with E-state index in [0.717, 1.165) is 11.8 Å². The molecule has 1 fully saturated rings. The molecule has 2 aliphatic rings. The average Bonchev–Trinajstić information content (AvgIpc) is 2.84. The van der Waals surface area contributed by atoms with Crippen LogP contribution < -0.4 is 0 Å². The minimum Gasteiger partial charge on any atom is -0.0779 e. The lowest BCUT2D eigenvalue weighted by Gasteiger charge is -2.30. The van der Waals surface area contributed by atoms with Gasteiger partial charge in [0.25, 0.3) is 0 Å². The van der Waals surface area contributed by atoms with Gasteiger partial charge in [-0.3, -0.25) is 0 Å². The molecular formula is C25H36. The highest BCUT2D eigenvalue weighted by Gasteiger charge is 2.36. The van der Waals surface area contributed by atoms with E-state index in [2.05, 4.69) is 85.7 Å². The predicted molar refractivity (Wildman–Crippen MR) is 111 cm³/mol. The molecule has 25 heavy (non-hydrogen) atoms. The second kappa shape index (κ2) is 6.15. The largest absolute Gasteiger partial charge is 0.0779 e. The van der Waals surface area contributed by atoms with Gasteiger partial charge < -0.3 is 0 Å². The van der Waals surface area contributed by atoms with Gasteiger partial charge in [-0.1, -0.05) is 84.4 Å². The van der Waals surface area contributed by atoms with E-state index in [-0.39, 0.29) is 10.8 Å². The zero-order chi connectivity index (χ0) is 18.6. The molecule has 3 atom stereocenters. The average molecular weight is 337 g/mol. The zero-order valence-corrected chi connectivity index (χ0v) is 17.5. The van der Waals surface area contributed by atoms with E-state index < -0.39 is 0 Å². The van der Waals surface area contributed by atoms with Crippen LogP contribution in [0.2, 0.25) is 0 Å². The first kappa shape index (κ1) is 18.5. The molecule has 0 aliphatic heterocycles. The topological polar surface area (TPSA) is 0 Å². The van der Waals surface area contributed by atoms with Gasteiger partial charge in [0.2, 0.25) is 0 Å². The molecule has 0 N–H and O–H groups in total. The van der Waals surface area contributed by atoms with Crippen LogP contribution in [0, 0.1) is 17.8 Å². The van der Waals surface area contributed by atoms with Crippen molar-refractivity contribution in [1.29, 1.82) is 0 Å². The number of hydrogen-bond acceptors (Lipinski definition) is 0. The minimum atomic E-state index is 0.179. The van der Waals surface area contributed by atoms with Crippen molar-refractivity contribution >= 4 is 5.57 Å². The maximum Gasteiger partial charge on any atom is -0.00901 e. The van der Waals surface area contributed by atoms with Crippen molar-refractivity contribution in [2.45, 2.75) is 79.1 Å². The Morgan fingerprint density at radius 2 is 1.40 bits per heavy atom. The maximum atomic E-state index is 2.52. The molecular weight excluding hydrogens is 300 g/mol. The SMILES string of the molecule is CC1=CC2CC(C)CC2C(c2cc(C(C)(C)C)cc(C(C)(C)C)c2)=C1. The highest BCUT2D eigenvalue weighted by atomic mass is 14.4. The highest BCUT2D eigenvalue weighted by molar-refractivity contribution is 5.73. The third kappa shape index (κ3) is 3.78. The van der Waals surface area contributed by atoms with E-state index in [1.165, 1.54) is 35.1 Å². The van der Waals surface area contributed by atoms with Gasteiger partial charge in [0, 0.05) is 0 Å². The van der Waals surface area contributed by atoms with Gasteiger partial charge >= 0.3 is 0 Å². The summed E-state index contributed by atoms with van der Waals surface area (Å²) in [4.78, 5) is 0. The van der Waals surface area contributed by atoms with Crippen LogP contribution >= 0.6 is 0 Å². The molecule has 0 heteroatoms. The summed E-state index contributed by atoms with van der Waals surface area (Å²) in [5.41, 5.74) is 7.79. The number of rotatable bonds is 1. The van der Waals surface area contributed by atoms with Crippen molar-refractivity contribution in [3.63, 3.8) is 0 Å². The number of allylic oxidation sites excluding steroid dienone is 4. The summed E-state index contributed by atoms with van der Waals surface area (Å²) in [6.07, 6.45) is 7.68. The van der Waals surface area contributed by atoms with Crippen LogP contribution in [0.25, 0.3) is 5.57 Å². The fraction of sp³-hybridized carbons (Fsp3) is 0.600. The molecule has 1 aromatic rings. The van der Waals surface area contributed by atoms with Crippen LogP contribution in [0.4, 0.5) is 0 Å². The highest BCUT2D eigenvalue weighted by Crippen LogP contribution is 2.48. The molecule has 3 unspecified atom stereocenters. The Morgan fingerprint density at radius 1 is 0.840 bits per heavy atom. The predicted octanol–water partition coefficient (Wildman–Crippen LogP) is 7.29. The summed E-state index contributed by atoms with van der Waals surface area (Å²) in [6.45, 7) is 18.7. The summed E-state index contributed by atoms with van der Waals surface area (Å²) in [7, 11) is 0. The van der Waals surface area contributed by atoms with E-state index in [1.807, 2.05) is 0 Å². The standard InChI is InChI=1S/C25H36/c1-16-9-18-10-17(2)12-23(22(18)11-16)19-13-20(24(3,4)5)15-21(14-19)25(6,7)8/h10,12-16,18,22H,9,11H2,1-8H3. The first-order valence-corrected chi connectivity index (χ1v) is 10.0. The Morgan fingerprint density at radius 3 is 1.92 bits per heavy atom. The van der Waals surface area contributed by atoms with Crippen molar-refractivity contribution in [3.8, 4) is 0 Å². The molecule has 2 aliphatic carbocycles. The molecule has 136 valence electrons. The fourth-order valence-corrected chi connectivity index (χ4v) is 4.57. The van der Waals surface area contributed by atoms with Crippen LogP contribution in [-0.4, -0.2) is 0 Å². The van der Waals surface area contributed by atoms with Crippen molar-refractivity contribution in [2.24, 2.45) is 17.8 Å². The van der Waals surface area contributed by atoms with Gasteiger partial charge in [-0.2, -0.15) is 0 Å². The molecule has 0 amide bonds. The number of hydrogen-bond donors (Lipinski definition) is 0. The zero-order valence-electron chi connectivity index (χ0n) is 17.5. The molecule has 1 aromatic carbocycles. The lowest BCUT2D eigenvalue weighted by Crippen LogP contribution is -2.18. The van der Waals surface area contributed by atoms with Crippen LogP contribution in [0.1, 0.15) is 84.9 Å².